The van der Waals surface area contributed by atoms with Crippen LogP contribution in [-0.4, -0.2) is 40.6 Å². The SMILES string of the molecule is CCC[C@H](c1ccc(C(=O)NCCC(=O)[O-])cc1)N1C(=O)C(c2ccc(F)c(F)c2)=NC12CCC(C(C)(C)CC)CC2.[Na+]. The van der Waals surface area contributed by atoms with Gasteiger partial charge in [-0.25, -0.2) is 8.78 Å². The maximum absolute atomic E-state index is 14.3. The Labute approximate surface area is 274 Å². The number of carbonyl (C=O) groups excluding carboxylic acids is 3. The number of hydrogen-bond donors (Lipinski definition) is 1. The third kappa shape index (κ3) is 7.55. The Morgan fingerprint density at radius 1 is 1.09 bits per heavy atom. The summed E-state index contributed by atoms with van der Waals surface area (Å²) in [5.41, 5.74) is 0.965. The van der Waals surface area contributed by atoms with Crippen LogP contribution in [0.3, 0.4) is 0 Å². The summed E-state index contributed by atoms with van der Waals surface area (Å²) >= 11 is 0. The third-order valence-electron chi connectivity index (χ3n) is 9.23. The van der Waals surface area contributed by atoms with Crippen molar-refractivity contribution in [2.75, 3.05) is 6.54 Å². The van der Waals surface area contributed by atoms with E-state index in [4.69, 9.17) is 4.99 Å². The van der Waals surface area contributed by atoms with Crippen LogP contribution in [0.4, 0.5) is 8.78 Å². The maximum atomic E-state index is 14.3. The largest absolute Gasteiger partial charge is 1.00 e. The Kier molecular flexibility index (Phi) is 11.7. The summed E-state index contributed by atoms with van der Waals surface area (Å²) in [6, 6.07) is 10.1. The number of nitrogens with zero attached hydrogens (tertiary/aromatic N) is 2. The zero-order valence-corrected chi connectivity index (χ0v) is 27.8. The molecule has 0 aromatic heterocycles. The predicted octanol–water partition coefficient (Wildman–Crippen LogP) is 2.33. The zero-order valence-electron chi connectivity index (χ0n) is 25.8. The molecule has 1 heterocycles. The van der Waals surface area contributed by atoms with Crippen molar-refractivity contribution in [3.8, 4) is 0 Å². The molecule has 0 saturated heterocycles. The van der Waals surface area contributed by atoms with E-state index in [1.807, 2.05) is 24.0 Å². The topological polar surface area (TPSA) is 102 Å². The summed E-state index contributed by atoms with van der Waals surface area (Å²) in [5.74, 6) is -3.48. The molecule has 1 spiro atoms. The van der Waals surface area contributed by atoms with E-state index in [1.165, 1.54) is 6.07 Å². The molecule has 1 saturated carbocycles. The van der Waals surface area contributed by atoms with E-state index in [2.05, 4.69) is 26.1 Å². The molecular weight excluding hydrogens is 563 g/mol. The minimum Gasteiger partial charge on any atom is -0.550 e. The Morgan fingerprint density at radius 2 is 1.74 bits per heavy atom. The summed E-state index contributed by atoms with van der Waals surface area (Å²) < 4.78 is 28.0. The first-order valence-electron chi connectivity index (χ1n) is 14.9. The molecule has 1 fully saturated rings. The predicted molar refractivity (Wildman–Crippen MR) is 155 cm³/mol. The van der Waals surface area contributed by atoms with E-state index < -0.39 is 29.2 Å². The molecule has 1 aliphatic carbocycles. The minimum atomic E-state index is -1.24. The number of carbonyl (C=O) groups is 3. The van der Waals surface area contributed by atoms with Gasteiger partial charge in [-0.15, -0.1) is 0 Å². The van der Waals surface area contributed by atoms with Gasteiger partial charge in [-0.3, -0.25) is 14.6 Å². The van der Waals surface area contributed by atoms with Crippen LogP contribution in [0.15, 0.2) is 47.5 Å². The number of aliphatic imine (C=N–C) groups is 1. The van der Waals surface area contributed by atoms with Gasteiger partial charge in [0.1, 0.15) is 11.4 Å². The summed E-state index contributed by atoms with van der Waals surface area (Å²) in [6.45, 7) is 8.75. The Morgan fingerprint density at radius 3 is 2.30 bits per heavy atom. The van der Waals surface area contributed by atoms with Crippen LogP contribution in [0.2, 0.25) is 0 Å². The van der Waals surface area contributed by atoms with Gasteiger partial charge in [-0.05, 0) is 79.3 Å². The number of benzene rings is 2. The first-order valence-corrected chi connectivity index (χ1v) is 14.9. The van der Waals surface area contributed by atoms with Crippen molar-refractivity contribution in [3.63, 3.8) is 0 Å². The van der Waals surface area contributed by atoms with Crippen LogP contribution >= 0.6 is 0 Å². The summed E-state index contributed by atoms with van der Waals surface area (Å²) in [6.07, 6.45) is 5.31. The van der Waals surface area contributed by atoms with Crippen LogP contribution in [-0.2, 0) is 9.59 Å². The van der Waals surface area contributed by atoms with E-state index in [-0.39, 0.29) is 71.2 Å². The monoisotopic (exact) mass is 603 g/mol. The molecule has 2 aliphatic rings. The molecule has 0 radical (unpaired) electrons. The van der Waals surface area contributed by atoms with Gasteiger partial charge in [-0.2, -0.15) is 0 Å². The average Bonchev–Trinajstić information content (AvgIpc) is 3.24. The average molecular weight is 604 g/mol. The number of nitrogens with one attached hydrogen (secondary N) is 1. The summed E-state index contributed by atoms with van der Waals surface area (Å²) in [7, 11) is 0. The molecule has 226 valence electrons. The van der Waals surface area contributed by atoms with Crippen molar-refractivity contribution in [3.05, 3.63) is 70.8 Å². The Bertz CT molecular complexity index is 1350. The number of carboxylic acid groups (broad SMARTS) is 1. The molecule has 7 nitrogen and oxygen atoms in total. The van der Waals surface area contributed by atoms with Crippen molar-refractivity contribution in [1.29, 1.82) is 0 Å². The molecular formula is C33H40F2N3NaO4. The second kappa shape index (κ2) is 14.4. The molecule has 10 heteroatoms. The van der Waals surface area contributed by atoms with Gasteiger partial charge in [0.2, 0.25) is 0 Å². The van der Waals surface area contributed by atoms with E-state index in [0.717, 1.165) is 43.4 Å². The Hall–Kier alpha value is -2.62. The van der Waals surface area contributed by atoms with Crippen LogP contribution in [0.5, 0.6) is 0 Å². The van der Waals surface area contributed by atoms with Crippen molar-refractivity contribution in [2.45, 2.75) is 90.8 Å². The van der Waals surface area contributed by atoms with Gasteiger partial charge in [0.05, 0.1) is 6.04 Å². The number of aliphatic carboxylic acids is 1. The standard InChI is InChI=1S/C33H41F2N3O4.Na/c1-5-7-27(21-8-10-22(11-9-21)30(41)36-19-16-28(39)40)38-31(42)29(23-12-13-25(34)26(35)20-23)37-33(38)17-14-24(15-18-33)32(3,4)6-2;/h8-13,20,24,27H,5-7,14-19H2,1-4H3,(H,36,41)(H,39,40);/q;+1/p-1/t24?,27-,33?;/m1./s1. The van der Waals surface area contributed by atoms with E-state index >= 15 is 0 Å². The summed E-state index contributed by atoms with van der Waals surface area (Å²) in [5, 5.41) is 13.2. The second-order valence-corrected chi connectivity index (χ2v) is 12.2. The van der Waals surface area contributed by atoms with Crippen molar-refractivity contribution in [2.24, 2.45) is 16.3 Å². The first kappa shape index (κ1) is 34.9. The minimum absolute atomic E-state index is 0. The van der Waals surface area contributed by atoms with Crippen molar-refractivity contribution in [1.82, 2.24) is 10.2 Å². The number of amides is 2. The molecule has 2 aromatic rings. The molecule has 1 atom stereocenters. The Balaban J connectivity index is 0.00000506. The first-order chi connectivity index (χ1) is 19.9. The second-order valence-electron chi connectivity index (χ2n) is 12.2. The number of carboxylic acids is 1. The van der Waals surface area contributed by atoms with Crippen molar-refractivity contribution >= 4 is 23.5 Å². The molecule has 1 aliphatic heterocycles. The van der Waals surface area contributed by atoms with Gasteiger partial charge in [0, 0.05) is 30.1 Å². The van der Waals surface area contributed by atoms with Crippen LogP contribution in [0.1, 0.15) is 107 Å². The van der Waals surface area contributed by atoms with Gasteiger partial charge in [-0.1, -0.05) is 52.7 Å². The van der Waals surface area contributed by atoms with E-state index in [0.29, 0.717) is 30.7 Å². The molecule has 0 unspecified atom stereocenters. The molecule has 2 amide bonds. The fraction of sp³-hybridized carbons (Fsp3) is 0.515. The molecule has 2 aromatic carbocycles. The quantitative estimate of drug-likeness (QED) is 0.399. The fourth-order valence-electron chi connectivity index (χ4n) is 6.33. The molecule has 43 heavy (non-hydrogen) atoms. The fourth-order valence-corrected chi connectivity index (χ4v) is 6.33. The number of hydrogen-bond acceptors (Lipinski definition) is 5. The van der Waals surface area contributed by atoms with Crippen LogP contribution in [0, 0.1) is 23.0 Å². The number of rotatable bonds is 11. The smallest absolute Gasteiger partial charge is 0.550 e. The normalized spacial score (nSPS) is 20.9. The van der Waals surface area contributed by atoms with Gasteiger partial charge >= 0.3 is 29.6 Å². The molecule has 0 bridgehead atoms. The van der Waals surface area contributed by atoms with E-state index in [1.54, 1.807) is 12.1 Å². The van der Waals surface area contributed by atoms with Gasteiger partial charge < -0.3 is 20.1 Å². The van der Waals surface area contributed by atoms with Crippen LogP contribution in [0.25, 0.3) is 0 Å². The van der Waals surface area contributed by atoms with Gasteiger partial charge in [0.25, 0.3) is 11.8 Å². The van der Waals surface area contributed by atoms with Crippen molar-refractivity contribution < 1.29 is 57.8 Å². The third-order valence-corrected chi connectivity index (χ3v) is 9.23. The molecule has 1 N–H and O–H groups in total. The number of halogens is 2. The zero-order chi connectivity index (χ0) is 30.7. The van der Waals surface area contributed by atoms with Crippen LogP contribution < -0.4 is 40.0 Å². The molecule has 4 rings (SSSR count). The summed E-state index contributed by atoms with van der Waals surface area (Å²) in [4.78, 5) is 44.3. The van der Waals surface area contributed by atoms with Gasteiger partial charge in [0.15, 0.2) is 11.6 Å². The van der Waals surface area contributed by atoms with E-state index in [9.17, 15) is 28.3 Å². The maximum Gasteiger partial charge on any atom is 1.00 e.